The molecule has 3 rings (SSSR count). The van der Waals surface area contributed by atoms with Crippen molar-refractivity contribution < 1.29 is 18.9 Å². The molecule has 0 radical (unpaired) electrons. The van der Waals surface area contributed by atoms with Crippen LogP contribution in [0.15, 0.2) is 24.4 Å². The van der Waals surface area contributed by atoms with E-state index in [-0.39, 0.29) is 5.75 Å². The zero-order valence-corrected chi connectivity index (χ0v) is 12.6. The molecule has 0 aliphatic carbocycles. The first-order valence-electron chi connectivity index (χ1n) is 7.09. The summed E-state index contributed by atoms with van der Waals surface area (Å²) in [4.78, 5) is 23.4. The minimum Gasteiger partial charge on any atom is -0.404 e. The first-order valence-corrected chi connectivity index (χ1v) is 8.62. The third-order valence-electron chi connectivity index (χ3n) is 3.86. The molecule has 6 nitrogen and oxygen atoms in total. The second-order valence-corrected chi connectivity index (χ2v) is 6.57. The number of phosphoric acid groups is 1. The van der Waals surface area contributed by atoms with Gasteiger partial charge in [0.2, 0.25) is 0 Å². The predicted molar refractivity (Wildman–Crippen MR) is 80.3 cm³/mol. The molecule has 0 amide bonds. The van der Waals surface area contributed by atoms with Crippen LogP contribution in [0.1, 0.15) is 18.4 Å². The van der Waals surface area contributed by atoms with E-state index in [2.05, 4.69) is 14.4 Å². The van der Waals surface area contributed by atoms with Gasteiger partial charge in [-0.2, -0.15) is 0 Å². The molecule has 0 spiro atoms. The number of fused-ring (bicyclic) bond motifs is 1. The highest BCUT2D eigenvalue weighted by Crippen LogP contribution is 2.38. The number of nitrogens with one attached hydrogen (secondary N) is 1. The van der Waals surface area contributed by atoms with Crippen molar-refractivity contribution in [2.24, 2.45) is 0 Å². The Morgan fingerprint density at radius 2 is 2.05 bits per heavy atom. The summed E-state index contributed by atoms with van der Waals surface area (Å²) < 4.78 is 15.6. The van der Waals surface area contributed by atoms with Gasteiger partial charge in [-0.25, -0.2) is 4.57 Å². The van der Waals surface area contributed by atoms with Crippen molar-refractivity contribution in [3.05, 3.63) is 30.0 Å². The Hall–Kier alpha value is -1.33. The zero-order valence-electron chi connectivity index (χ0n) is 11.7. The van der Waals surface area contributed by atoms with Crippen LogP contribution in [0.25, 0.3) is 10.9 Å². The summed E-state index contributed by atoms with van der Waals surface area (Å²) in [6.07, 6.45) is 5.42. The molecular formula is C14H19N2O4P. The van der Waals surface area contributed by atoms with E-state index >= 15 is 0 Å². The van der Waals surface area contributed by atoms with Crippen LogP contribution in [-0.4, -0.2) is 39.3 Å². The van der Waals surface area contributed by atoms with Crippen LogP contribution >= 0.6 is 7.82 Å². The van der Waals surface area contributed by atoms with Gasteiger partial charge in [0.15, 0.2) is 0 Å². The van der Waals surface area contributed by atoms with Gasteiger partial charge in [-0.1, -0.05) is 0 Å². The van der Waals surface area contributed by atoms with Crippen molar-refractivity contribution in [2.45, 2.75) is 19.3 Å². The minimum absolute atomic E-state index is 0.192. The SMILES string of the molecule is O=P(O)(O)Oc1ccc2[nH]cc(CCN3CCCC3)c2c1. The normalized spacial score (nSPS) is 16.7. The summed E-state index contributed by atoms with van der Waals surface area (Å²) in [7, 11) is -4.51. The number of nitrogens with zero attached hydrogens (tertiary/aromatic N) is 1. The van der Waals surface area contributed by atoms with E-state index < -0.39 is 7.82 Å². The second-order valence-electron chi connectivity index (χ2n) is 5.40. The van der Waals surface area contributed by atoms with Crippen LogP contribution in [0.4, 0.5) is 0 Å². The molecule has 21 heavy (non-hydrogen) atoms. The molecule has 1 saturated heterocycles. The number of H-pyrrole nitrogens is 1. The highest BCUT2D eigenvalue weighted by Gasteiger charge is 2.17. The number of phosphoric ester groups is 1. The lowest BCUT2D eigenvalue weighted by molar-refractivity contribution is 0.283. The van der Waals surface area contributed by atoms with Gasteiger partial charge in [-0.05, 0) is 56.1 Å². The number of benzene rings is 1. The number of hydrogen-bond acceptors (Lipinski definition) is 3. The largest absolute Gasteiger partial charge is 0.524 e. The van der Waals surface area contributed by atoms with Gasteiger partial charge in [-0.3, -0.25) is 9.79 Å². The second kappa shape index (κ2) is 5.81. The van der Waals surface area contributed by atoms with Crippen LogP contribution in [-0.2, 0) is 11.0 Å². The summed E-state index contributed by atoms with van der Waals surface area (Å²) >= 11 is 0. The molecule has 0 saturated carbocycles. The van der Waals surface area contributed by atoms with Gasteiger partial charge in [0, 0.05) is 23.6 Å². The average molecular weight is 310 g/mol. The van der Waals surface area contributed by atoms with Crippen LogP contribution in [0.3, 0.4) is 0 Å². The Kier molecular flexibility index (Phi) is 4.04. The quantitative estimate of drug-likeness (QED) is 0.738. The molecule has 114 valence electrons. The van der Waals surface area contributed by atoms with E-state index in [0.29, 0.717) is 0 Å². The third kappa shape index (κ3) is 3.66. The van der Waals surface area contributed by atoms with E-state index in [9.17, 15) is 4.57 Å². The van der Waals surface area contributed by atoms with Crippen LogP contribution < -0.4 is 4.52 Å². The summed E-state index contributed by atoms with van der Waals surface area (Å²) in [6, 6.07) is 5.02. The lowest BCUT2D eigenvalue weighted by atomic mass is 10.1. The third-order valence-corrected chi connectivity index (χ3v) is 4.31. The highest BCUT2D eigenvalue weighted by atomic mass is 31.2. The zero-order chi connectivity index (χ0) is 14.9. The summed E-state index contributed by atoms with van der Waals surface area (Å²) in [5.41, 5.74) is 2.09. The average Bonchev–Trinajstić information content (AvgIpc) is 3.03. The number of aromatic nitrogens is 1. The van der Waals surface area contributed by atoms with E-state index in [0.717, 1.165) is 42.5 Å². The molecule has 0 bridgehead atoms. The molecule has 2 heterocycles. The summed E-state index contributed by atoms with van der Waals surface area (Å²) in [5, 5.41) is 0.958. The molecule has 0 unspecified atom stereocenters. The summed E-state index contributed by atoms with van der Waals surface area (Å²) in [6.45, 7) is 3.33. The van der Waals surface area contributed by atoms with E-state index in [4.69, 9.17) is 9.79 Å². The Morgan fingerprint density at radius 3 is 2.76 bits per heavy atom. The van der Waals surface area contributed by atoms with Crippen LogP contribution in [0.5, 0.6) is 5.75 Å². The lowest BCUT2D eigenvalue weighted by Gasteiger charge is -2.13. The fourth-order valence-electron chi connectivity index (χ4n) is 2.84. The minimum atomic E-state index is -4.51. The van der Waals surface area contributed by atoms with Crippen molar-refractivity contribution in [3.8, 4) is 5.75 Å². The molecule has 1 aliphatic rings. The van der Waals surface area contributed by atoms with Gasteiger partial charge in [0.25, 0.3) is 0 Å². The number of aromatic amines is 1. The Balaban J connectivity index is 1.78. The predicted octanol–water partition coefficient (Wildman–Crippen LogP) is 2.28. The molecule has 7 heteroatoms. The Morgan fingerprint density at radius 1 is 1.29 bits per heavy atom. The molecule has 1 aromatic carbocycles. The number of rotatable bonds is 5. The lowest BCUT2D eigenvalue weighted by Crippen LogP contribution is -2.21. The fraction of sp³-hybridized carbons (Fsp3) is 0.429. The van der Waals surface area contributed by atoms with Crippen molar-refractivity contribution in [3.63, 3.8) is 0 Å². The van der Waals surface area contributed by atoms with Gasteiger partial charge >= 0.3 is 7.82 Å². The monoisotopic (exact) mass is 310 g/mol. The van der Waals surface area contributed by atoms with E-state index in [1.165, 1.54) is 12.8 Å². The molecule has 1 aliphatic heterocycles. The van der Waals surface area contributed by atoms with E-state index in [1.54, 1.807) is 18.2 Å². The summed E-state index contributed by atoms with van der Waals surface area (Å²) in [5.74, 6) is 0.192. The topological polar surface area (TPSA) is 85.8 Å². The standard InChI is InChI=1S/C14H19N2O4P/c17-21(18,19)20-12-3-4-14-13(9-12)11(10-15-14)5-8-16-6-1-2-7-16/h3-4,9-10,15H,1-2,5-8H2,(H2,17,18,19). The van der Waals surface area contributed by atoms with Gasteiger partial charge < -0.3 is 14.4 Å². The van der Waals surface area contributed by atoms with Crippen LogP contribution in [0, 0.1) is 0 Å². The van der Waals surface area contributed by atoms with Crippen molar-refractivity contribution in [2.75, 3.05) is 19.6 Å². The molecule has 1 fully saturated rings. The van der Waals surface area contributed by atoms with Crippen molar-refractivity contribution in [1.82, 2.24) is 9.88 Å². The maximum Gasteiger partial charge on any atom is 0.524 e. The molecule has 1 aromatic heterocycles. The fourth-order valence-corrected chi connectivity index (χ4v) is 3.23. The number of likely N-dealkylation sites (tertiary alicyclic amines) is 1. The molecule has 2 aromatic rings. The highest BCUT2D eigenvalue weighted by molar-refractivity contribution is 7.46. The van der Waals surface area contributed by atoms with Crippen molar-refractivity contribution in [1.29, 1.82) is 0 Å². The smallest absolute Gasteiger partial charge is 0.404 e. The maximum absolute atomic E-state index is 10.9. The molecule has 0 atom stereocenters. The van der Waals surface area contributed by atoms with Gasteiger partial charge in [0.1, 0.15) is 5.75 Å². The van der Waals surface area contributed by atoms with E-state index in [1.807, 2.05) is 6.20 Å². The first-order chi connectivity index (χ1) is 10.0. The van der Waals surface area contributed by atoms with Crippen molar-refractivity contribution >= 4 is 18.7 Å². The maximum atomic E-state index is 10.9. The van der Waals surface area contributed by atoms with Crippen LogP contribution in [0.2, 0.25) is 0 Å². The Bertz CT molecular complexity index is 673. The molecular weight excluding hydrogens is 291 g/mol. The van der Waals surface area contributed by atoms with Gasteiger partial charge in [-0.15, -0.1) is 0 Å². The Labute approximate surface area is 123 Å². The van der Waals surface area contributed by atoms with Gasteiger partial charge in [0.05, 0.1) is 0 Å². The number of hydrogen-bond donors (Lipinski definition) is 3. The first kappa shape index (κ1) is 14.6. The molecule has 3 N–H and O–H groups in total.